The fourth-order valence-corrected chi connectivity index (χ4v) is 3.73. The minimum Gasteiger partial charge on any atom is -0.459 e. The van der Waals surface area contributed by atoms with Crippen LogP contribution in [0.4, 0.5) is 5.13 Å². The number of aryl methyl sites for hydroxylation is 2. The van der Waals surface area contributed by atoms with E-state index in [4.69, 9.17) is 8.83 Å². The molecule has 4 heterocycles. The number of hydrogen-bond acceptors (Lipinski definition) is 7. The van der Waals surface area contributed by atoms with Crippen LogP contribution >= 0.6 is 11.3 Å². The van der Waals surface area contributed by atoms with Gasteiger partial charge in [0.05, 0.1) is 17.7 Å². The Morgan fingerprint density at radius 2 is 2.00 bits per heavy atom. The van der Waals surface area contributed by atoms with Crippen LogP contribution in [0.5, 0.6) is 0 Å². The zero-order valence-corrected chi connectivity index (χ0v) is 14.7. The molecule has 0 bridgehead atoms. The van der Waals surface area contributed by atoms with Gasteiger partial charge in [-0.1, -0.05) is 0 Å². The Morgan fingerprint density at radius 3 is 2.67 bits per heavy atom. The number of rotatable bonds is 4. The van der Waals surface area contributed by atoms with E-state index in [-0.39, 0.29) is 0 Å². The molecule has 0 aliphatic carbocycles. The van der Waals surface area contributed by atoms with Crippen LogP contribution in [0.3, 0.4) is 0 Å². The Hall–Kier alpha value is -2.12. The Labute approximate surface area is 144 Å². The van der Waals surface area contributed by atoms with Crippen molar-refractivity contribution in [2.45, 2.75) is 20.4 Å². The molecule has 0 amide bonds. The minimum absolute atomic E-state index is 0.560. The number of aromatic nitrogens is 2. The SMILES string of the molecule is Cc1csc(N2CCN(Cc3nc(-c4ccco4)oc3C)CC2)n1. The van der Waals surface area contributed by atoms with Gasteiger partial charge in [-0.15, -0.1) is 11.3 Å². The summed E-state index contributed by atoms with van der Waals surface area (Å²) in [5.41, 5.74) is 2.08. The molecule has 6 nitrogen and oxygen atoms in total. The largest absolute Gasteiger partial charge is 0.459 e. The first kappa shape index (κ1) is 15.4. The van der Waals surface area contributed by atoms with Crippen molar-refractivity contribution in [1.29, 1.82) is 0 Å². The number of oxazole rings is 1. The number of anilines is 1. The predicted molar refractivity (Wildman–Crippen MR) is 93.3 cm³/mol. The van der Waals surface area contributed by atoms with Gasteiger partial charge in [-0.3, -0.25) is 4.90 Å². The summed E-state index contributed by atoms with van der Waals surface area (Å²) in [6.45, 7) is 8.80. The highest BCUT2D eigenvalue weighted by atomic mass is 32.1. The molecule has 0 saturated carbocycles. The molecular weight excluding hydrogens is 324 g/mol. The van der Waals surface area contributed by atoms with Crippen LogP contribution in [0.2, 0.25) is 0 Å². The highest BCUT2D eigenvalue weighted by Gasteiger charge is 2.22. The van der Waals surface area contributed by atoms with E-state index < -0.39 is 0 Å². The van der Waals surface area contributed by atoms with E-state index in [2.05, 4.69) is 25.1 Å². The molecular formula is C17H20N4O2S. The van der Waals surface area contributed by atoms with Gasteiger partial charge in [0.15, 0.2) is 10.9 Å². The van der Waals surface area contributed by atoms with Crippen LogP contribution in [0.25, 0.3) is 11.7 Å². The zero-order valence-electron chi connectivity index (χ0n) is 13.9. The average Bonchev–Trinajstić information content (AvgIpc) is 3.30. The van der Waals surface area contributed by atoms with Crippen molar-refractivity contribution in [1.82, 2.24) is 14.9 Å². The second-order valence-corrected chi connectivity index (χ2v) is 6.87. The van der Waals surface area contributed by atoms with Gasteiger partial charge in [0.25, 0.3) is 5.89 Å². The smallest absolute Gasteiger partial charge is 0.263 e. The van der Waals surface area contributed by atoms with Crippen molar-refractivity contribution in [3.63, 3.8) is 0 Å². The van der Waals surface area contributed by atoms with Gasteiger partial charge >= 0.3 is 0 Å². The maximum Gasteiger partial charge on any atom is 0.263 e. The van der Waals surface area contributed by atoms with Crippen LogP contribution in [0.1, 0.15) is 17.1 Å². The number of nitrogens with zero attached hydrogens (tertiary/aromatic N) is 4. The van der Waals surface area contributed by atoms with Gasteiger partial charge in [-0.05, 0) is 26.0 Å². The second-order valence-electron chi connectivity index (χ2n) is 6.03. The standard InChI is InChI=1S/C17H20N4O2S/c1-12-11-24-17(18-12)21-7-5-20(6-8-21)10-14-13(2)23-16(19-14)15-4-3-9-22-15/h3-4,9,11H,5-8,10H2,1-2H3. The quantitative estimate of drug-likeness (QED) is 0.723. The Kier molecular flexibility index (Phi) is 4.12. The molecule has 1 aliphatic heterocycles. The van der Waals surface area contributed by atoms with Crippen LogP contribution in [-0.4, -0.2) is 41.0 Å². The topological polar surface area (TPSA) is 58.5 Å². The van der Waals surface area contributed by atoms with Crippen molar-refractivity contribution in [3.8, 4) is 11.7 Å². The van der Waals surface area contributed by atoms with E-state index in [0.29, 0.717) is 11.7 Å². The highest BCUT2D eigenvalue weighted by Crippen LogP contribution is 2.24. The summed E-state index contributed by atoms with van der Waals surface area (Å²) in [5, 5.41) is 3.24. The van der Waals surface area contributed by atoms with Gasteiger partial charge in [0.1, 0.15) is 5.76 Å². The molecule has 126 valence electrons. The Balaban J connectivity index is 1.39. The van der Waals surface area contributed by atoms with Crippen LogP contribution in [0, 0.1) is 13.8 Å². The summed E-state index contributed by atoms with van der Waals surface area (Å²) in [4.78, 5) is 13.9. The van der Waals surface area contributed by atoms with Crippen molar-refractivity contribution < 1.29 is 8.83 Å². The minimum atomic E-state index is 0.560. The lowest BCUT2D eigenvalue weighted by atomic mass is 10.3. The van der Waals surface area contributed by atoms with E-state index in [9.17, 15) is 0 Å². The van der Waals surface area contributed by atoms with E-state index in [0.717, 1.165) is 55.0 Å². The third kappa shape index (κ3) is 3.09. The molecule has 0 aromatic carbocycles. The number of hydrogen-bond donors (Lipinski definition) is 0. The summed E-state index contributed by atoms with van der Waals surface area (Å²) in [6.07, 6.45) is 1.63. The van der Waals surface area contributed by atoms with E-state index in [1.165, 1.54) is 0 Å². The fraction of sp³-hybridized carbons (Fsp3) is 0.412. The van der Waals surface area contributed by atoms with E-state index in [1.54, 1.807) is 17.6 Å². The van der Waals surface area contributed by atoms with Crippen LogP contribution in [0.15, 0.2) is 32.6 Å². The van der Waals surface area contributed by atoms with Crippen molar-refractivity contribution in [2.75, 3.05) is 31.1 Å². The van der Waals surface area contributed by atoms with Gasteiger partial charge in [-0.25, -0.2) is 9.97 Å². The van der Waals surface area contributed by atoms with Crippen LogP contribution < -0.4 is 4.90 Å². The monoisotopic (exact) mass is 344 g/mol. The number of thiazole rings is 1. The lowest BCUT2D eigenvalue weighted by molar-refractivity contribution is 0.246. The van der Waals surface area contributed by atoms with Crippen molar-refractivity contribution in [3.05, 3.63) is 40.9 Å². The Morgan fingerprint density at radius 1 is 1.17 bits per heavy atom. The first-order chi connectivity index (χ1) is 11.7. The first-order valence-electron chi connectivity index (χ1n) is 8.08. The van der Waals surface area contributed by atoms with Crippen molar-refractivity contribution >= 4 is 16.5 Å². The fourth-order valence-electron chi connectivity index (χ4n) is 2.88. The maximum absolute atomic E-state index is 5.74. The summed E-state index contributed by atoms with van der Waals surface area (Å²) in [7, 11) is 0. The molecule has 4 rings (SSSR count). The van der Waals surface area contributed by atoms with Gasteiger partial charge < -0.3 is 13.7 Å². The van der Waals surface area contributed by atoms with Crippen LogP contribution in [-0.2, 0) is 6.54 Å². The molecule has 0 N–H and O–H groups in total. The molecule has 0 spiro atoms. The first-order valence-corrected chi connectivity index (χ1v) is 8.96. The average molecular weight is 344 g/mol. The molecule has 3 aromatic heterocycles. The Bertz CT molecular complexity index is 801. The molecule has 1 aliphatic rings. The van der Waals surface area contributed by atoms with E-state index >= 15 is 0 Å². The third-order valence-electron chi connectivity index (χ3n) is 4.25. The molecule has 7 heteroatoms. The molecule has 0 radical (unpaired) electrons. The molecule has 24 heavy (non-hydrogen) atoms. The predicted octanol–water partition coefficient (Wildman–Crippen LogP) is 3.33. The summed E-state index contributed by atoms with van der Waals surface area (Å²) in [5.74, 6) is 2.09. The molecule has 0 unspecified atom stereocenters. The molecule has 1 fully saturated rings. The van der Waals surface area contributed by atoms with Crippen molar-refractivity contribution in [2.24, 2.45) is 0 Å². The summed E-state index contributed by atoms with van der Waals surface area (Å²) >= 11 is 1.72. The normalized spacial score (nSPS) is 16.0. The second kappa shape index (κ2) is 6.41. The lowest BCUT2D eigenvalue weighted by Gasteiger charge is -2.34. The number of piperazine rings is 1. The maximum atomic E-state index is 5.74. The highest BCUT2D eigenvalue weighted by molar-refractivity contribution is 7.13. The van der Waals surface area contributed by atoms with Gasteiger partial charge in [-0.2, -0.15) is 0 Å². The lowest BCUT2D eigenvalue weighted by Crippen LogP contribution is -2.46. The van der Waals surface area contributed by atoms with Gasteiger partial charge in [0, 0.05) is 38.1 Å². The molecule has 1 saturated heterocycles. The molecule has 3 aromatic rings. The summed E-state index contributed by atoms with van der Waals surface area (Å²) in [6, 6.07) is 3.71. The third-order valence-corrected chi connectivity index (χ3v) is 5.27. The van der Waals surface area contributed by atoms with E-state index in [1.807, 2.05) is 26.0 Å². The number of furan rings is 1. The zero-order chi connectivity index (χ0) is 16.5. The van der Waals surface area contributed by atoms with Gasteiger partial charge in [0.2, 0.25) is 0 Å². The molecule has 0 atom stereocenters. The summed E-state index contributed by atoms with van der Waals surface area (Å²) < 4.78 is 11.1.